The number of benzene rings is 2. The number of amides is 3. The fraction of sp³-hybridized carbons (Fsp3) is 0.500. The number of nitrogens with two attached hydrogens (primary N) is 2. The number of carbonyl (C=O) groups is 3. The number of fused-ring (bicyclic) bond motifs is 1. The highest BCUT2D eigenvalue weighted by atomic mass is 32.1. The molecule has 0 unspecified atom stereocenters. The van der Waals surface area contributed by atoms with Crippen molar-refractivity contribution < 1.29 is 14.4 Å². The molecule has 3 aromatic rings. The minimum absolute atomic E-state index is 0.232. The number of nitrogens with zero attached hydrogens (tertiary/aromatic N) is 1. The molecule has 3 rings (SSSR count). The Morgan fingerprint density at radius 2 is 1.58 bits per heavy atom. The molecule has 0 saturated heterocycles. The van der Waals surface area contributed by atoms with Crippen LogP contribution in [-0.2, 0) is 27.3 Å². The quantitative estimate of drug-likeness (QED) is 0.0791. The van der Waals surface area contributed by atoms with Crippen LogP contribution in [0.1, 0.15) is 57.1 Å². The van der Waals surface area contributed by atoms with E-state index in [2.05, 4.69) is 33.6 Å². The van der Waals surface area contributed by atoms with Crippen LogP contribution in [0.15, 0.2) is 59.6 Å². The zero-order valence-corrected chi connectivity index (χ0v) is 27.7. The Labute approximate surface area is 272 Å². The van der Waals surface area contributed by atoms with Crippen molar-refractivity contribution in [3.8, 4) is 0 Å². The van der Waals surface area contributed by atoms with Crippen molar-refractivity contribution in [3.63, 3.8) is 0 Å². The first-order chi connectivity index (χ1) is 21.7. The number of likely N-dealkylation sites (N-methyl/N-ethyl adjacent to an activating group) is 1. The zero-order chi connectivity index (χ0) is 32.8. The Hall–Kier alpha value is -3.38. The SMILES string of the molecule is CC(C)CNC(=O)[C@H](Cc1c[nH]c2ccccc12)N(C)C(=O)[C@H](CCCCN)NC(=O)[C@H](CCCN)NCc1ccccc1S. The van der Waals surface area contributed by atoms with Crippen molar-refractivity contribution in [3.05, 3.63) is 65.9 Å². The minimum Gasteiger partial charge on any atom is -0.361 e. The predicted octanol–water partition coefficient (Wildman–Crippen LogP) is 3.11. The second-order valence-corrected chi connectivity index (χ2v) is 12.5. The summed E-state index contributed by atoms with van der Waals surface area (Å²) in [5.74, 6) is -0.579. The van der Waals surface area contributed by atoms with Crippen molar-refractivity contribution in [1.82, 2.24) is 25.8 Å². The maximum absolute atomic E-state index is 14.2. The molecule has 3 atom stereocenters. The van der Waals surface area contributed by atoms with Crippen LogP contribution in [0.25, 0.3) is 10.9 Å². The second kappa shape index (κ2) is 18.6. The molecule has 45 heavy (non-hydrogen) atoms. The fourth-order valence-electron chi connectivity index (χ4n) is 5.30. The van der Waals surface area contributed by atoms with Crippen LogP contribution < -0.4 is 27.4 Å². The van der Waals surface area contributed by atoms with Crippen LogP contribution in [0.2, 0.25) is 0 Å². The third-order valence-corrected chi connectivity index (χ3v) is 8.43. The lowest BCUT2D eigenvalue weighted by Crippen LogP contribution is -2.57. The van der Waals surface area contributed by atoms with Crippen LogP contribution in [0, 0.1) is 5.92 Å². The number of aromatic amines is 1. The first-order valence-electron chi connectivity index (χ1n) is 16.0. The van der Waals surface area contributed by atoms with E-state index in [1.807, 2.05) is 68.6 Å². The molecule has 0 aliphatic carbocycles. The molecule has 0 bridgehead atoms. The number of carbonyl (C=O) groups excluding carboxylic acids is 3. The van der Waals surface area contributed by atoms with Gasteiger partial charge in [-0.3, -0.25) is 14.4 Å². The van der Waals surface area contributed by atoms with E-state index in [0.717, 1.165) is 26.9 Å². The lowest BCUT2D eigenvalue weighted by Gasteiger charge is -2.32. The normalized spacial score (nSPS) is 13.4. The van der Waals surface area contributed by atoms with Gasteiger partial charge >= 0.3 is 0 Å². The highest BCUT2D eigenvalue weighted by molar-refractivity contribution is 7.80. The first-order valence-corrected chi connectivity index (χ1v) is 16.4. The van der Waals surface area contributed by atoms with Gasteiger partial charge in [-0.2, -0.15) is 0 Å². The molecule has 11 heteroatoms. The van der Waals surface area contributed by atoms with E-state index < -0.39 is 18.1 Å². The summed E-state index contributed by atoms with van der Waals surface area (Å²) in [5, 5.41) is 10.4. The molecule has 0 aliphatic rings. The topological polar surface area (TPSA) is 158 Å². The smallest absolute Gasteiger partial charge is 0.245 e. The molecule has 8 N–H and O–H groups in total. The monoisotopic (exact) mass is 637 g/mol. The Morgan fingerprint density at radius 3 is 2.29 bits per heavy atom. The van der Waals surface area contributed by atoms with Crippen LogP contribution >= 0.6 is 12.6 Å². The number of aromatic nitrogens is 1. The maximum atomic E-state index is 14.2. The molecule has 2 aromatic carbocycles. The molecule has 0 radical (unpaired) electrons. The van der Waals surface area contributed by atoms with Gasteiger partial charge in [0.1, 0.15) is 12.1 Å². The lowest BCUT2D eigenvalue weighted by atomic mass is 10.0. The Morgan fingerprint density at radius 1 is 0.889 bits per heavy atom. The summed E-state index contributed by atoms with van der Waals surface area (Å²) in [5.41, 5.74) is 14.4. The van der Waals surface area contributed by atoms with Gasteiger partial charge in [0.2, 0.25) is 17.7 Å². The summed E-state index contributed by atoms with van der Waals surface area (Å²) in [6, 6.07) is 13.4. The van der Waals surface area contributed by atoms with E-state index in [0.29, 0.717) is 64.7 Å². The number of rotatable bonds is 19. The number of hydrogen-bond donors (Lipinski definition) is 7. The molecule has 0 saturated carbocycles. The van der Waals surface area contributed by atoms with E-state index in [1.165, 1.54) is 4.90 Å². The van der Waals surface area contributed by atoms with Gasteiger partial charge in [-0.25, -0.2) is 0 Å². The highest BCUT2D eigenvalue weighted by Crippen LogP contribution is 2.21. The van der Waals surface area contributed by atoms with E-state index in [4.69, 9.17) is 11.5 Å². The van der Waals surface area contributed by atoms with Gasteiger partial charge in [-0.1, -0.05) is 50.2 Å². The molecular weight excluding hydrogens is 586 g/mol. The van der Waals surface area contributed by atoms with Crippen molar-refractivity contribution in [2.45, 2.75) is 81.9 Å². The van der Waals surface area contributed by atoms with E-state index in [1.54, 1.807) is 7.05 Å². The lowest BCUT2D eigenvalue weighted by molar-refractivity contribution is -0.142. The van der Waals surface area contributed by atoms with Gasteiger partial charge in [0.15, 0.2) is 0 Å². The summed E-state index contributed by atoms with van der Waals surface area (Å²) in [4.78, 5) is 47.0. The van der Waals surface area contributed by atoms with Crippen molar-refractivity contribution in [1.29, 1.82) is 0 Å². The van der Waals surface area contributed by atoms with Crippen molar-refractivity contribution in [2.24, 2.45) is 17.4 Å². The van der Waals surface area contributed by atoms with Gasteiger partial charge in [0.05, 0.1) is 6.04 Å². The molecule has 1 heterocycles. The Balaban J connectivity index is 1.83. The third kappa shape index (κ3) is 10.9. The molecular formula is C34H51N7O3S. The van der Waals surface area contributed by atoms with E-state index >= 15 is 0 Å². The van der Waals surface area contributed by atoms with Gasteiger partial charge in [0, 0.05) is 48.6 Å². The number of nitrogens with one attached hydrogen (secondary N) is 4. The van der Waals surface area contributed by atoms with Crippen molar-refractivity contribution >= 4 is 41.3 Å². The fourth-order valence-corrected chi connectivity index (χ4v) is 5.54. The van der Waals surface area contributed by atoms with Crippen molar-refractivity contribution in [2.75, 3.05) is 26.7 Å². The number of para-hydroxylation sites is 1. The Kier molecular flexibility index (Phi) is 14.9. The molecule has 0 spiro atoms. The summed E-state index contributed by atoms with van der Waals surface area (Å²) < 4.78 is 0. The Bertz CT molecular complexity index is 1380. The summed E-state index contributed by atoms with van der Waals surface area (Å²) in [6.45, 7) is 5.91. The third-order valence-electron chi connectivity index (χ3n) is 8.00. The molecule has 1 aromatic heterocycles. The number of unbranched alkanes of at least 4 members (excludes halogenated alkanes) is 1. The first kappa shape index (κ1) is 36.1. The number of thiol groups is 1. The van der Waals surface area contributed by atoms with E-state index in [-0.39, 0.29) is 23.6 Å². The van der Waals surface area contributed by atoms with Crippen LogP contribution in [-0.4, -0.2) is 72.4 Å². The zero-order valence-electron chi connectivity index (χ0n) is 26.9. The molecule has 0 aliphatic heterocycles. The highest BCUT2D eigenvalue weighted by Gasteiger charge is 2.33. The standard InChI is InChI=1S/C34H51N7O3S/c1-23(2)20-39-33(43)30(19-25-22-37-27-13-6-5-12-26(25)27)41(3)34(44)29(14-8-9-17-35)40-32(42)28(15-10-18-36)38-21-24-11-4-7-16-31(24)45/h4-7,11-13,16,22-23,28-30,37-38,45H,8-10,14-15,17-21,35-36H2,1-3H3,(H,39,43)(H,40,42)/t28-,29-,30-/m0/s1. The van der Waals surface area contributed by atoms with Crippen LogP contribution in [0.4, 0.5) is 0 Å². The predicted molar refractivity (Wildman–Crippen MR) is 184 cm³/mol. The van der Waals surface area contributed by atoms with Crippen LogP contribution in [0.5, 0.6) is 0 Å². The van der Waals surface area contributed by atoms with Gasteiger partial charge in [0.25, 0.3) is 0 Å². The maximum Gasteiger partial charge on any atom is 0.245 e. The average molecular weight is 638 g/mol. The average Bonchev–Trinajstić information content (AvgIpc) is 3.44. The summed E-state index contributed by atoms with van der Waals surface area (Å²) in [7, 11) is 1.65. The number of hydrogen-bond acceptors (Lipinski definition) is 7. The van der Waals surface area contributed by atoms with E-state index in [9.17, 15) is 14.4 Å². The molecule has 0 fully saturated rings. The number of H-pyrrole nitrogens is 1. The molecule has 246 valence electrons. The minimum atomic E-state index is -0.822. The summed E-state index contributed by atoms with van der Waals surface area (Å²) >= 11 is 4.53. The van der Waals surface area contributed by atoms with Gasteiger partial charge < -0.3 is 37.3 Å². The van der Waals surface area contributed by atoms with Gasteiger partial charge in [-0.15, -0.1) is 12.6 Å². The summed E-state index contributed by atoms with van der Waals surface area (Å²) in [6.07, 6.45) is 5.14. The largest absolute Gasteiger partial charge is 0.361 e. The molecule has 10 nitrogen and oxygen atoms in total. The van der Waals surface area contributed by atoms with Gasteiger partial charge in [-0.05, 0) is 74.4 Å². The second-order valence-electron chi connectivity index (χ2n) is 12.0. The molecule has 3 amide bonds. The van der Waals surface area contributed by atoms with Crippen LogP contribution in [0.3, 0.4) is 0 Å².